The van der Waals surface area contributed by atoms with E-state index in [4.69, 9.17) is 35.7 Å². The molecule has 2 aromatic rings. The number of H-pyrrole nitrogens is 1. The third kappa shape index (κ3) is 5.14. The summed E-state index contributed by atoms with van der Waals surface area (Å²) in [7, 11) is 4.58. The average Bonchev–Trinajstić information content (AvgIpc) is 3.01. The van der Waals surface area contributed by atoms with Gasteiger partial charge in [0.2, 0.25) is 11.6 Å². The van der Waals surface area contributed by atoms with E-state index >= 15 is 0 Å². The first-order valence-corrected chi connectivity index (χ1v) is 9.61. The lowest BCUT2D eigenvalue weighted by molar-refractivity contribution is -0.134. The van der Waals surface area contributed by atoms with Gasteiger partial charge < -0.3 is 34.4 Å². The van der Waals surface area contributed by atoms with Crippen LogP contribution in [0.4, 0.5) is 0 Å². The van der Waals surface area contributed by atoms with Crippen LogP contribution in [0.3, 0.4) is 0 Å². The molecule has 0 aliphatic heterocycles. The number of methoxy groups -OCH3 is 3. The Kier molecular flexibility index (Phi) is 8.63. The van der Waals surface area contributed by atoms with Crippen molar-refractivity contribution in [1.29, 1.82) is 0 Å². The molecule has 1 aromatic carbocycles. The number of carbonyl (C=O) groups is 1. The maximum atomic E-state index is 12.0. The van der Waals surface area contributed by atoms with Crippen molar-refractivity contribution in [3.05, 3.63) is 22.8 Å². The van der Waals surface area contributed by atoms with Crippen LogP contribution >= 0.6 is 11.6 Å². The molecule has 0 bridgehead atoms. The number of benzene rings is 1. The zero-order valence-corrected chi connectivity index (χ0v) is 17.8. The summed E-state index contributed by atoms with van der Waals surface area (Å²) < 4.78 is 21.8. The normalized spacial score (nSPS) is 10.7. The van der Waals surface area contributed by atoms with Gasteiger partial charge in [0.05, 0.1) is 27.9 Å². The Hall–Kier alpha value is -2.42. The summed E-state index contributed by atoms with van der Waals surface area (Å²) in [4.78, 5) is 15.0. The highest BCUT2D eigenvalue weighted by molar-refractivity contribution is 6.35. The number of aromatic nitrogens is 1. The minimum atomic E-state index is -0.378. The Balaban J connectivity index is 2.60. The fraction of sp³-hybridized carbons (Fsp3) is 0.450. The van der Waals surface area contributed by atoms with E-state index in [-0.39, 0.29) is 29.9 Å². The molecule has 0 aliphatic carbocycles. The van der Waals surface area contributed by atoms with E-state index < -0.39 is 0 Å². The third-order valence-electron chi connectivity index (χ3n) is 4.22. The van der Waals surface area contributed by atoms with Gasteiger partial charge in [-0.3, -0.25) is 4.79 Å². The average molecular weight is 427 g/mol. The second-order valence-electron chi connectivity index (χ2n) is 6.13. The summed E-state index contributed by atoms with van der Waals surface area (Å²) in [5.74, 6) is 1.15. The lowest BCUT2D eigenvalue weighted by atomic mass is 10.0. The number of aliphatic hydroxyl groups excluding tert-OH is 1. The topological polar surface area (TPSA) is 102 Å². The summed E-state index contributed by atoms with van der Waals surface area (Å²) in [6.07, 6.45) is 0.945. The number of hydrogen-bond donors (Lipinski definition) is 3. The van der Waals surface area contributed by atoms with E-state index in [2.05, 4.69) is 10.3 Å². The summed E-state index contributed by atoms with van der Waals surface area (Å²) in [6.45, 7) is 2.63. The Morgan fingerprint density at radius 1 is 1.17 bits per heavy atom. The van der Waals surface area contributed by atoms with Gasteiger partial charge in [-0.25, -0.2) is 0 Å². The van der Waals surface area contributed by atoms with E-state index in [1.807, 2.05) is 6.92 Å². The first kappa shape index (κ1) is 22.9. The lowest BCUT2D eigenvalue weighted by Crippen LogP contribution is -2.18. The van der Waals surface area contributed by atoms with Gasteiger partial charge in [0, 0.05) is 36.3 Å². The maximum absolute atomic E-state index is 12.0. The molecule has 1 heterocycles. The molecule has 1 aromatic heterocycles. The molecule has 8 nitrogen and oxygen atoms in total. The molecule has 29 heavy (non-hydrogen) atoms. The van der Waals surface area contributed by atoms with Crippen LogP contribution in [0.25, 0.3) is 11.1 Å². The van der Waals surface area contributed by atoms with Crippen molar-refractivity contribution in [3.63, 3.8) is 0 Å². The minimum absolute atomic E-state index is 0.0121. The van der Waals surface area contributed by atoms with E-state index in [0.29, 0.717) is 53.6 Å². The SMILES string of the molecule is CCCC(=O)Oc1[nH]c(CNCCO)c(-c2ccc(OC)c(OC)c2OC)c1Cl. The molecule has 0 spiro atoms. The van der Waals surface area contributed by atoms with Crippen LogP contribution in [-0.2, 0) is 11.3 Å². The summed E-state index contributed by atoms with van der Waals surface area (Å²) in [6, 6.07) is 3.54. The monoisotopic (exact) mass is 426 g/mol. The zero-order valence-electron chi connectivity index (χ0n) is 17.1. The van der Waals surface area contributed by atoms with Crippen molar-refractivity contribution in [3.8, 4) is 34.3 Å². The van der Waals surface area contributed by atoms with Gasteiger partial charge in [0.1, 0.15) is 5.02 Å². The Morgan fingerprint density at radius 2 is 1.90 bits per heavy atom. The van der Waals surface area contributed by atoms with Crippen LogP contribution < -0.4 is 24.3 Å². The van der Waals surface area contributed by atoms with Crippen LogP contribution in [0.1, 0.15) is 25.5 Å². The number of nitrogens with one attached hydrogen (secondary N) is 2. The summed E-state index contributed by atoms with van der Waals surface area (Å²) >= 11 is 6.61. The van der Waals surface area contributed by atoms with Gasteiger partial charge >= 0.3 is 5.97 Å². The Bertz CT molecular complexity index is 837. The largest absolute Gasteiger partial charge is 0.493 e. The number of ether oxygens (including phenoxy) is 4. The number of rotatable bonds is 11. The van der Waals surface area contributed by atoms with Crippen LogP contribution in [-0.4, -0.2) is 50.5 Å². The van der Waals surface area contributed by atoms with Gasteiger partial charge in [0.25, 0.3) is 0 Å². The summed E-state index contributed by atoms with van der Waals surface area (Å²) in [5.41, 5.74) is 1.92. The quantitative estimate of drug-likeness (QED) is 0.374. The molecule has 0 atom stereocenters. The van der Waals surface area contributed by atoms with E-state index in [1.54, 1.807) is 12.1 Å². The molecule has 160 valence electrons. The molecule has 0 amide bonds. The number of hydrogen-bond acceptors (Lipinski definition) is 7. The van der Waals surface area contributed by atoms with Gasteiger partial charge in [-0.1, -0.05) is 18.5 Å². The van der Waals surface area contributed by atoms with E-state index in [9.17, 15) is 4.79 Å². The lowest BCUT2D eigenvalue weighted by Gasteiger charge is -2.16. The van der Waals surface area contributed by atoms with E-state index in [0.717, 1.165) is 0 Å². The predicted molar refractivity (Wildman–Crippen MR) is 110 cm³/mol. The van der Waals surface area contributed by atoms with Gasteiger partial charge in [-0.15, -0.1) is 0 Å². The molecular weight excluding hydrogens is 400 g/mol. The smallest absolute Gasteiger partial charge is 0.312 e. The van der Waals surface area contributed by atoms with Crippen molar-refractivity contribution < 1.29 is 28.8 Å². The first-order chi connectivity index (χ1) is 14.0. The molecule has 0 unspecified atom stereocenters. The predicted octanol–water partition coefficient (Wildman–Crippen LogP) is 3.15. The minimum Gasteiger partial charge on any atom is -0.493 e. The van der Waals surface area contributed by atoms with Gasteiger partial charge in [-0.05, 0) is 18.6 Å². The number of aliphatic hydroxyl groups is 1. The number of aromatic amines is 1. The third-order valence-corrected chi connectivity index (χ3v) is 4.58. The van der Waals surface area contributed by atoms with Gasteiger partial charge in [0.15, 0.2) is 11.5 Å². The molecule has 3 N–H and O–H groups in total. The van der Waals surface area contributed by atoms with E-state index in [1.165, 1.54) is 21.3 Å². The number of carbonyl (C=O) groups excluding carboxylic acids is 1. The van der Waals surface area contributed by atoms with Crippen LogP contribution in [0.15, 0.2) is 12.1 Å². The standard InChI is InChI=1S/C20H27ClN2O6/c1-5-6-15(25)29-20-17(21)16(13(23-20)11-22-9-10-24)12-7-8-14(26-2)19(28-4)18(12)27-3/h7-8,22-24H,5-6,9-11H2,1-4H3. The molecule has 0 saturated heterocycles. The zero-order chi connectivity index (χ0) is 21.4. The van der Waals surface area contributed by atoms with Crippen molar-refractivity contribution in [2.45, 2.75) is 26.3 Å². The van der Waals surface area contributed by atoms with Gasteiger partial charge in [-0.2, -0.15) is 0 Å². The Labute approximate surface area is 175 Å². The molecular formula is C20H27ClN2O6. The Morgan fingerprint density at radius 3 is 2.48 bits per heavy atom. The van der Waals surface area contributed by atoms with Crippen LogP contribution in [0, 0.1) is 0 Å². The van der Waals surface area contributed by atoms with Crippen LogP contribution in [0.2, 0.25) is 5.02 Å². The molecule has 9 heteroatoms. The van der Waals surface area contributed by atoms with Crippen molar-refractivity contribution in [2.75, 3.05) is 34.5 Å². The highest BCUT2D eigenvalue weighted by Gasteiger charge is 2.25. The number of halogens is 1. The highest BCUT2D eigenvalue weighted by atomic mass is 35.5. The second kappa shape index (κ2) is 10.9. The second-order valence-corrected chi connectivity index (χ2v) is 6.51. The molecule has 2 rings (SSSR count). The molecule has 0 saturated carbocycles. The fourth-order valence-electron chi connectivity index (χ4n) is 2.94. The van der Waals surface area contributed by atoms with Crippen LogP contribution in [0.5, 0.6) is 23.1 Å². The van der Waals surface area contributed by atoms with Crippen molar-refractivity contribution >= 4 is 17.6 Å². The number of esters is 1. The molecule has 0 radical (unpaired) electrons. The molecule has 0 fully saturated rings. The van der Waals surface area contributed by atoms with Crippen molar-refractivity contribution in [1.82, 2.24) is 10.3 Å². The maximum Gasteiger partial charge on any atom is 0.312 e. The highest BCUT2D eigenvalue weighted by Crippen LogP contribution is 2.48. The van der Waals surface area contributed by atoms with Crippen molar-refractivity contribution in [2.24, 2.45) is 0 Å². The first-order valence-electron chi connectivity index (χ1n) is 9.24. The molecule has 0 aliphatic rings. The summed E-state index contributed by atoms with van der Waals surface area (Å²) in [5, 5.41) is 12.4. The fourth-order valence-corrected chi connectivity index (χ4v) is 3.25.